The van der Waals surface area contributed by atoms with Gasteiger partial charge in [0.1, 0.15) is 17.4 Å². The zero-order valence-electron chi connectivity index (χ0n) is 17.2. The van der Waals surface area contributed by atoms with Gasteiger partial charge in [-0.25, -0.2) is 13.6 Å². The summed E-state index contributed by atoms with van der Waals surface area (Å²) in [6.07, 6.45) is 0.222. The van der Waals surface area contributed by atoms with Gasteiger partial charge in [0.05, 0.1) is 6.54 Å². The summed E-state index contributed by atoms with van der Waals surface area (Å²) in [6, 6.07) is 11.1. The fourth-order valence-electron chi connectivity index (χ4n) is 3.41. The zero-order chi connectivity index (χ0) is 22.8. The van der Waals surface area contributed by atoms with Crippen molar-refractivity contribution in [2.75, 3.05) is 6.61 Å². The number of fused-ring (bicyclic) bond motifs is 1. The molecule has 0 radical (unpaired) electrons. The number of nitrogens with zero attached hydrogens (tertiary/aromatic N) is 4. The van der Waals surface area contributed by atoms with Gasteiger partial charge in [-0.15, -0.1) is 0 Å². The van der Waals surface area contributed by atoms with Crippen LogP contribution in [-0.2, 0) is 20.1 Å². The summed E-state index contributed by atoms with van der Waals surface area (Å²) < 4.78 is 36.5. The Morgan fingerprint density at radius 1 is 1.03 bits per heavy atom. The van der Waals surface area contributed by atoms with Gasteiger partial charge in [0.15, 0.2) is 11.2 Å². The number of hydrogen-bond acceptors (Lipinski definition) is 5. The second-order valence-corrected chi connectivity index (χ2v) is 7.21. The third-order valence-corrected chi connectivity index (χ3v) is 5.00. The normalized spacial score (nSPS) is 11.2. The number of rotatable bonds is 7. The minimum absolute atomic E-state index is 0.0260. The first-order chi connectivity index (χ1) is 15.4. The van der Waals surface area contributed by atoms with Gasteiger partial charge in [-0.05, 0) is 36.2 Å². The molecule has 4 rings (SSSR count). The van der Waals surface area contributed by atoms with E-state index in [-0.39, 0.29) is 49.0 Å². The maximum absolute atomic E-state index is 13.7. The molecule has 0 aliphatic carbocycles. The van der Waals surface area contributed by atoms with E-state index < -0.39 is 22.9 Å². The fourth-order valence-corrected chi connectivity index (χ4v) is 3.41. The number of aryl methyl sites for hydroxylation is 1. The van der Waals surface area contributed by atoms with Gasteiger partial charge < -0.3 is 9.84 Å². The van der Waals surface area contributed by atoms with E-state index in [1.54, 1.807) is 12.1 Å². The lowest BCUT2D eigenvalue weighted by atomic mass is 10.2. The molecule has 0 aliphatic heterocycles. The van der Waals surface area contributed by atoms with Crippen molar-refractivity contribution in [3.63, 3.8) is 0 Å². The Bertz CT molecular complexity index is 1390. The molecule has 0 saturated carbocycles. The molecule has 0 atom stereocenters. The van der Waals surface area contributed by atoms with Gasteiger partial charge in [-0.2, -0.15) is 4.98 Å². The van der Waals surface area contributed by atoms with Crippen molar-refractivity contribution in [3.05, 3.63) is 86.6 Å². The molecule has 10 heteroatoms. The molecule has 0 amide bonds. The second-order valence-electron chi connectivity index (χ2n) is 7.21. The Hall–Kier alpha value is -3.79. The van der Waals surface area contributed by atoms with Gasteiger partial charge in [0, 0.05) is 26.3 Å². The van der Waals surface area contributed by atoms with Gasteiger partial charge in [0.25, 0.3) is 5.56 Å². The van der Waals surface area contributed by atoms with E-state index in [1.165, 1.54) is 52.6 Å². The highest BCUT2D eigenvalue weighted by Crippen LogP contribution is 2.25. The summed E-state index contributed by atoms with van der Waals surface area (Å²) in [5, 5.41) is 9.13. The molecular formula is C22H20F2N4O4. The van der Waals surface area contributed by atoms with Crippen LogP contribution in [0.3, 0.4) is 0 Å². The van der Waals surface area contributed by atoms with Crippen LogP contribution in [0, 0.1) is 11.6 Å². The highest BCUT2D eigenvalue weighted by molar-refractivity contribution is 5.72. The number of aromatic nitrogens is 4. The number of halogens is 2. The molecule has 2 aromatic heterocycles. The summed E-state index contributed by atoms with van der Waals surface area (Å²) in [5.41, 5.74) is -0.334. The molecule has 0 bridgehead atoms. The van der Waals surface area contributed by atoms with E-state index in [2.05, 4.69) is 4.98 Å². The first-order valence-electron chi connectivity index (χ1n) is 9.88. The molecule has 32 heavy (non-hydrogen) atoms. The average molecular weight is 442 g/mol. The molecule has 4 aromatic rings. The van der Waals surface area contributed by atoms with Gasteiger partial charge >= 0.3 is 11.7 Å². The highest BCUT2D eigenvalue weighted by Gasteiger charge is 2.22. The van der Waals surface area contributed by atoms with E-state index in [0.717, 1.165) is 4.57 Å². The number of aliphatic hydroxyl groups is 1. The number of ether oxygens (including phenoxy) is 1. The van der Waals surface area contributed by atoms with Crippen LogP contribution < -0.4 is 16.0 Å². The van der Waals surface area contributed by atoms with Crippen molar-refractivity contribution >= 4 is 11.2 Å². The van der Waals surface area contributed by atoms with Crippen LogP contribution in [-0.4, -0.2) is 30.4 Å². The third-order valence-electron chi connectivity index (χ3n) is 5.00. The van der Waals surface area contributed by atoms with E-state index in [1.807, 2.05) is 0 Å². The first kappa shape index (κ1) is 21.4. The fraction of sp³-hybridized carbons (Fsp3) is 0.227. The van der Waals surface area contributed by atoms with Crippen molar-refractivity contribution in [1.82, 2.24) is 18.7 Å². The predicted molar refractivity (Wildman–Crippen MR) is 113 cm³/mol. The summed E-state index contributed by atoms with van der Waals surface area (Å²) in [7, 11) is 1.47. The van der Waals surface area contributed by atoms with Crippen molar-refractivity contribution in [1.29, 1.82) is 0 Å². The SMILES string of the molecule is Cn1c(=O)n(CCCO)c(=O)c2c1nc(Oc1cccc(F)c1)n2Cc1ccc(F)cc1. The first-order valence-corrected chi connectivity index (χ1v) is 9.88. The van der Waals surface area contributed by atoms with Crippen molar-refractivity contribution in [3.8, 4) is 11.8 Å². The topological polar surface area (TPSA) is 91.3 Å². The van der Waals surface area contributed by atoms with Crippen LogP contribution in [0.1, 0.15) is 12.0 Å². The molecule has 0 saturated heterocycles. The van der Waals surface area contributed by atoms with Gasteiger partial charge in [-0.3, -0.25) is 18.5 Å². The molecule has 1 N–H and O–H groups in total. The second kappa shape index (κ2) is 8.75. The van der Waals surface area contributed by atoms with Crippen molar-refractivity contribution < 1.29 is 18.6 Å². The highest BCUT2D eigenvalue weighted by atomic mass is 19.1. The Morgan fingerprint density at radius 2 is 1.78 bits per heavy atom. The lowest BCUT2D eigenvalue weighted by Gasteiger charge is -2.11. The number of imidazole rings is 1. The van der Waals surface area contributed by atoms with E-state index in [9.17, 15) is 18.4 Å². The monoisotopic (exact) mass is 442 g/mol. The van der Waals surface area contributed by atoms with Crippen LogP contribution >= 0.6 is 0 Å². The molecule has 0 aliphatic rings. The maximum atomic E-state index is 13.7. The molecule has 0 spiro atoms. The summed E-state index contributed by atoms with van der Waals surface area (Å²) >= 11 is 0. The third kappa shape index (κ3) is 4.04. The minimum atomic E-state index is -0.597. The molecule has 2 aromatic carbocycles. The average Bonchev–Trinajstić information content (AvgIpc) is 3.12. The van der Waals surface area contributed by atoms with Gasteiger partial charge in [0.2, 0.25) is 0 Å². The zero-order valence-corrected chi connectivity index (χ0v) is 17.2. The number of hydrogen-bond donors (Lipinski definition) is 1. The molecule has 2 heterocycles. The van der Waals surface area contributed by atoms with Crippen LogP contribution in [0.15, 0.2) is 58.1 Å². The van der Waals surface area contributed by atoms with Crippen LogP contribution in [0.25, 0.3) is 11.2 Å². The van der Waals surface area contributed by atoms with E-state index in [4.69, 9.17) is 9.84 Å². The summed E-state index contributed by atoms with van der Waals surface area (Å²) in [4.78, 5) is 30.3. The summed E-state index contributed by atoms with van der Waals surface area (Å²) in [5.74, 6) is -0.761. The quantitative estimate of drug-likeness (QED) is 0.475. The number of aliphatic hydroxyl groups excluding tert-OH is 1. The number of benzene rings is 2. The molecular weight excluding hydrogens is 422 g/mol. The molecule has 166 valence electrons. The smallest absolute Gasteiger partial charge is 0.332 e. The maximum Gasteiger partial charge on any atom is 0.332 e. The summed E-state index contributed by atoms with van der Waals surface area (Å²) in [6.45, 7) is -0.0644. The van der Waals surface area contributed by atoms with E-state index in [0.29, 0.717) is 5.56 Å². The predicted octanol–water partition coefficient (Wildman–Crippen LogP) is 2.40. The molecule has 0 unspecified atom stereocenters. The minimum Gasteiger partial charge on any atom is -0.425 e. The Balaban J connectivity index is 1.93. The van der Waals surface area contributed by atoms with Crippen molar-refractivity contribution in [2.45, 2.75) is 19.5 Å². The van der Waals surface area contributed by atoms with Crippen LogP contribution in [0.5, 0.6) is 11.8 Å². The Kier molecular flexibility index (Phi) is 5.87. The van der Waals surface area contributed by atoms with Crippen LogP contribution in [0.2, 0.25) is 0 Å². The Labute approximate surface area is 180 Å². The lowest BCUT2D eigenvalue weighted by Crippen LogP contribution is -2.39. The standard InChI is InChI=1S/C22H20F2N4O4/c1-26-19-18(20(30)27(22(26)31)10-3-11-29)28(13-14-6-8-15(23)9-7-14)21(25-19)32-17-5-2-4-16(24)12-17/h2,4-9,12,29H,3,10-11,13H2,1H3. The molecule has 8 nitrogen and oxygen atoms in total. The Morgan fingerprint density at radius 3 is 2.47 bits per heavy atom. The van der Waals surface area contributed by atoms with E-state index >= 15 is 0 Å². The molecule has 0 fully saturated rings. The van der Waals surface area contributed by atoms with Gasteiger partial charge in [-0.1, -0.05) is 18.2 Å². The van der Waals surface area contributed by atoms with Crippen molar-refractivity contribution in [2.24, 2.45) is 7.05 Å². The van der Waals surface area contributed by atoms with Crippen LogP contribution in [0.4, 0.5) is 8.78 Å². The largest absolute Gasteiger partial charge is 0.425 e. The lowest BCUT2D eigenvalue weighted by molar-refractivity contribution is 0.277.